The summed E-state index contributed by atoms with van der Waals surface area (Å²) in [7, 11) is -3.54. The molecule has 4 rings (SSSR count). The van der Waals surface area contributed by atoms with Gasteiger partial charge in [-0.1, -0.05) is 48.5 Å². The van der Waals surface area contributed by atoms with E-state index in [0.717, 1.165) is 22.4 Å². The molecule has 2 aromatic carbocycles. The Balaban J connectivity index is 1.69. The van der Waals surface area contributed by atoms with Crippen molar-refractivity contribution in [2.24, 2.45) is 0 Å². The van der Waals surface area contributed by atoms with Crippen LogP contribution >= 0.6 is 0 Å². The fraction of sp³-hybridized carbons (Fsp3) is 0.105. The number of sulfonamides is 1. The van der Waals surface area contributed by atoms with Crippen molar-refractivity contribution in [3.8, 4) is 11.1 Å². The first-order valence-corrected chi connectivity index (χ1v) is 9.17. The van der Waals surface area contributed by atoms with Crippen molar-refractivity contribution in [1.29, 1.82) is 0 Å². The number of nitrogens with zero attached hydrogens (tertiary/aromatic N) is 2. The summed E-state index contributed by atoms with van der Waals surface area (Å²) in [5.41, 5.74) is 3.70. The van der Waals surface area contributed by atoms with Gasteiger partial charge in [-0.15, -0.1) is 0 Å². The van der Waals surface area contributed by atoms with Crippen molar-refractivity contribution >= 4 is 10.0 Å². The van der Waals surface area contributed by atoms with Gasteiger partial charge in [-0.3, -0.25) is 4.98 Å². The predicted octanol–water partition coefficient (Wildman–Crippen LogP) is 3.45. The van der Waals surface area contributed by atoms with E-state index in [1.807, 2.05) is 48.5 Å². The molecule has 2 heterocycles. The molecule has 120 valence electrons. The lowest BCUT2D eigenvalue weighted by molar-refractivity contribution is 0.430. The molecule has 3 aromatic rings. The molecule has 0 fully saturated rings. The minimum Gasteiger partial charge on any atom is -0.260 e. The van der Waals surface area contributed by atoms with E-state index in [2.05, 4.69) is 4.98 Å². The second kappa shape index (κ2) is 5.85. The summed E-state index contributed by atoms with van der Waals surface area (Å²) in [5.74, 6) is 0. The standard InChI is InChI=1S/C19H16N2O2S/c22-24(23,21-13-17-9-5-11-20-19(17)14-21)18-10-4-8-16(12-18)15-6-2-1-3-7-15/h1-12H,13-14H2. The molecular formula is C19H16N2O2S. The molecule has 0 N–H and O–H groups in total. The molecule has 0 aliphatic carbocycles. The molecule has 0 atom stereocenters. The molecule has 4 nitrogen and oxygen atoms in total. The lowest BCUT2D eigenvalue weighted by Crippen LogP contribution is -2.25. The number of aromatic nitrogens is 1. The Morgan fingerprint density at radius 2 is 1.62 bits per heavy atom. The van der Waals surface area contributed by atoms with Gasteiger partial charge in [0.25, 0.3) is 0 Å². The fourth-order valence-electron chi connectivity index (χ4n) is 2.96. The molecule has 24 heavy (non-hydrogen) atoms. The van der Waals surface area contributed by atoms with Crippen molar-refractivity contribution in [3.63, 3.8) is 0 Å². The summed E-state index contributed by atoms with van der Waals surface area (Å²) in [5, 5.41) is 0. The molecule has 1 aromatic heterocycles. The third kappa shape index (κ3) is 2.62. The number of hydrogen-bond donors (Lipinski definition) is 0. The molecule has 0 bridgehead atoms. The summed E-state index contributed by atoms with van der Waals surface area (Å²) >= 11 is 0. The highest BCUT2D eigenvalue weighted by Crippen LogP contribution is 2.29. The molecule has 0 radical (unpaired) electrons. The third-order valence-electron chi connectivity index (χ3n) is 4.24. The number of fused-ring (bicyclic) bond motifs is 1. The molecule has 1 aliphatic heterocycles. The Kier molecular flexibility index (Phi) is 3.67. The van der Waals surface area contributed by atoms with Gasteiger partial charge in [0.1, 0.15) is 0 Å². The quantitative estimate of drug-likeness (QED) is 0.736. The SMILES string of the molecule is O=S(=O)(c1cccc(-c2ccccc2)c1)N1Cc2cccnc2C1. The van der Waals surface area contributed by atoms with Crippen molar-refractivity contribution in [2.75, 3.05) is 0 Å². The second-order valence-electron chi connectivity index (χ2n) is 5.78. The van der Waals surface area contributed by atoms with Crippen molar-refractivity contribution in [1.82, 2.24) is 9.29 Å². The van der Waals surface area contributed by atoms with Crippen molar-refractivity contribution in [2.45, 2.75) is 18.0 Å². The normalized spacial score (nSPS) is 14.5. The summed E-state index contributed by atoms with van der Waals surface area (Å²) < 4.78 is 27.5. The van der Waals surface area contributed by atoms with Crippen LogP contribution in [0.4, 0.5) is 0 Å². The smallest absolute Gasteiger partial charge is 0.243 e. The van der Waals surface area contributed by atoms with Crippen LogP contribution < -0.4 is 0 Å². The van der Waals surface area contributed by atoms with Crippen LogP contribution in [0.5, 0.6) is 0 Å². The number of rotatable bonds is 3. The Hall–Kier alpha value is -2.50. The van der Waals surface area contributed by atoms with Crippen LogP contribution in [0.15, 0.2) is 77.8 Å². The summed E-state index contributed by atoms with van der Waals surface area (Å²) in [6, 6.07) is 20.6. The fourth-order valence-corrected chi connectivity index (χ4v) is 4.38. The Labute approximate surface area is 141 Å². The zero-order chi connectivity index (χ0) is 16.6. The van der Waals surface area contributed by atoms with Crippen LogP contribution in [0.25, 0.3) is 11.1 Å². The molecule has 0 unspecified atom stereocenters. The topological polar surface area (TPSA) is 50.3 Å². The van der Waals surface area contributed by atoms with Crippen LogP contribution in [0.1, 0.15) is 11.3 Å². The maximum absolute atomic E-state index is 13.0. The predicted molar refractivity (Wildman–Crippen MR) is 92.5 cm³/mol. The van der Waals surface area contributed by atoms with Gasteiger partial charge in [0.2, 0.25) is 10.0 Å². The lowest BCUT2D eigenvalue weighted by atomic mass is 10.1. The summed E-state index contributed by atoms with van der Waals surface area (Å²) in [6.45, 7) is 0.704. The highest BCUT2D eigenvalue weighted by Gasteiger charge is 2.31. The first kappa shape index (κ1) is 15.1. The van der Waals surface area contributed by atoms with Crippen LogP contribution in [0, 0.1) is 0 Å². The van der Waals surface area contributed by atoms with Gasteiger partial charge in [-0.25, -0.2) is 8.42 Å². The Morgan fingerprint density at radius 3 is 2.42 bits per heavy atom. The minimum atomic E-state index is -3.54. The second-order valence-corrected chi connectivity index (χ2v) is 7.71. The summed E-state index contributed by atoms with van der Waals surface area (Å²) in [4.78, 5) is 4.59. The van der Waals surface area contributed by atoms with Crippen molar-refractivity contribution < 1.29 is 8.42 Å². The van der Waals surface area contributed by atoms with E-state index in [1.54, 1.807) is 24.4 Å². The van der Waals surface area contributed by atoms with Gasteiger partial charge >= 0.3 is 0 Å². The molecule has 1 aliphatic rings. The number of hydrogen-bond acceptors (Lipinski definition) is 3. The van der Waals surface area contributed by atoms with Crippen molar-refractivity contribution in [3.05, 3.63) is 84.2 Å². The van der Waals surface area contributed by atoms with E-state index in [9.17, 15) is 8.42 Å². The van der Waals surface area contributed by atoms with Crippen LogP contribution in [-0.4, -0.2) is 17.7 Å². The van der Waals surface area contributed by atoms with Crippen LogP contribution in [0.3, 0.4) is 0 Å². The van der Waals surface area contributed by atoms with Gasteiger partial charge in [0.05, 0.1) is 17.1 Å². The number of pyridine rings is 1. The minimum absolute atomic E-state index is 0.316. The molecule has 0 saturated carbocycles. The summed E-state index contributed by atoms with van der Waals surface area (Å²) in [6.07, 6.45) is 1.70. The zero-order valence-corrected chi connectivity index (χ0v) is 13.8. The molecule has 0 spiro atoms. The van der Waals surface area contributed by atoms with Gasteiger partial charge in [-0.2, -0.15) is 4.31 Å². The number of benzene rings is 2. The molecule has 5 heteroatoms. The van der Waals surface area contributed by atoms with E-state index in [0.29, 0.717) is 18.0 Å². The van der Waals surface area contributed by atoms with E-state index in [-0.39, 0.29) is 0 Å². The largest absolute Gasteiger partial charge is 0.260 e. The maximum atomic E-state index is 13.0. The lowest BCUT2D eigenvalue weighted by Gasteiger charge is -2.16. The zero-order valence-electron chi connectivity index (χ0n) is 13.0. The van der Waals surface area contributed by atoms with E-state index < -0.39 is 10.0 Å². The van der Waals surface area contributed by atoms with Crippen LogP contribution in [0.2, 0.25) is 0 Å². The highest BCUT2D eigenvalue weighted by atomic mass is 32.2. The highest BCUT2D eigenvalue weighted by molar-refractivity contribution is 7.89. The van der Waals surface area contributed by atoms with Crippen LogP contribution in [-0.2, 0) is 23.1 Å². The van der Waals surface area contributed by atoms with E-state index >= 15 is 0 Å². The Bertz CT molecular complexity index is 960. The van der Waals surface area contributed by atoms with E-state index in [1.165, 1.54) is 4.31 Å². The maximum Gasteiger partial charge on any atom is 0.243 e. The average molecular weight is 336 g/mol. The monoisotopic (exact) mass is 336 g/mol. The van der Waals surface area contributed by atoms with Gasteiger partial charge in [0.15, 0.2) is 0 Å². The van der Waals surface area contributed by atoms with Gasteiger partial charge in [0, 0.05) is 12.7 Å². The van der Waals surface area contributed by atoms with Gasteiger partial charge in [-0.05, 0) is 34.9 Å². The first-order valence-electron chi connectivity index (χ1n) is 7.73. The average Bonchev–Trinajstić information content (AvgIpc) is 3.08. The first-order chi connectivity index (χ1) is 11.6. The molecule has 0 saturated heterocycles. The third-order valence-corrected chi connectivity index (χ3v) is 6.02. The van der Waals surface area contributed by atoms with Gasteiger partial charge < -0.3 is 0 Å². The molecular weight excluding hydrogens is 320 g/mol. The Morgan fingerprint density at radius 1 is 0.833 bits per heavy atom. The molecule has 0 amide bonds. The van der Waals surface area contributed by atoms with E-state index in [4.69, 9.17) is 0 Å².